The Morgan fingerprint density at radius 1 is 0.549 bits per heavy atom. The summed E-state index contributed by atoms with van der Waals surface area (Å²) in [5.41, 5.74) is 4.95. The van der Waals surface area contributed by atoms with Crippen LogP contribution < -0.4 is 16.2 Å². The summed E-state index contributed by atoms with van der Waals surface area (Å²) in [6, 6.07) is 28.9. The lowest BCUT2D eigenvalue weighted by molar-refractivity contribution is 0.0678. The van der Waals surface area contributed by atoms with E-state index >= 15 is 0 Å². The van der Waals surface area contributed by atoms with Crippen molar-refractivity contribution in [3.63, 3.8) is 0 Å². The van der Waals surface area contributed by atoms with Crippen LogP contribution in [0.5, 0.6) is 0 Å². The van der Waals surface area contributed by atoms with Crippen LogP contribution in [0.1, 0.15) is 209 Å². The first-order valence-corrected chi connectivity index (χ1v) is 31.9. The molecule has 3 aromatic heterocycles. The van der Waals surface area contributed by atoms with Gasteiger partial charge in [0, 0.05) is 73.4 Å². The molecule has 1 aliphatic rings. The molecule has 0 radical (unpaired) electrons. The van der Waals surface area contributed by atoms with Gasteiger partial charge in [0.25, 0.3) is 11.8 Å². The summed E-state index contributed by atoms with van der Waals surface area (Å²) in [4.78, 5) is 73.6. The molecule has 12 nitrogen and oxygen atoms in total. The number of carbonyl (C=O) groups excluding carboxylic acids is 2. The zero-order chi connectivity index (χ0) is 58.1. The lowest BCUT2D eigenvalue weighted by Crippen LogP contribution is -2.39. The third-order valence-corrected chi connectivity index (χ3v) is 17.9. The number of hydrogen-bond donors (Lipinski definition) is 0. The largest absolute Gasteiger partial charge is 0.406 e. The van der Waals surface area contributed by atoms with Crippen molar-refractivity contribution in [2.75, 3.05) is 37.6 Å². The number of anilines is 1. The maximum absolute atomic E-state index is 14.5. The Balaban J connectivity index is 1.01. The summed E-state index contributed by atoms with van der Waals surface area (Å²) in [6.45, 7) is 21.9. The second-order valence-electron chi connectivity index (χ2n) is 23.7. The van der Waals surface area contributed by atoms with Gasteiger partial charge in [-0.05, 0) is 122 Å². The predicted octanol–water partition coefficient (Wildman–Crippen LogP) is 16.6. The lowest BCUT2D eigenvalue weighted by Gasteiger charge is -2.31. The van der Waals surface area contributed by atoms with Gasteiger partial charge >= 0.3 is 11.3 Å². The van der Waals surface area contributed by atoms with Gasteiger partial charge in [-0.25, -0.2) is 19.6 Å². The van der Waals surface area contributed by atoms with E-state index < -0.39 is 11.3 Å². The molecular weight excluding hydrogens is 1020 g/mol. The summed E-state index contributed by atoms with van der Waals surface area (Å²) in [7, 11) is 0. The van der Waals surface area contributed by atoms with Gasteiger partial charge in [0.05, 0.1) is 21.8 Å². The van der Waals surface area contributed by atoms with Crippen LogP contribution in [0.3, 0.4) is 0 Å². The molecular formula is C70H94N6O6. The van der Waals surface area contributed by atoms with Crippen molar-refractivity contribution in [1.82, 2.24) is 24.3 Å². The van der Waals surface area contributed by atoms with Gasteiger partial charge in [-0.3, -0.25) is 9.59 Å². The van der Waals surface area contributed by atoms with Crippen molar-refractivity contribution >= 4 is 50.2 Å². The Morgan fingerprint density at radius 2 is 1.02 bits per heavy atom. The molecule has 1 aliphatic heterocycles. The highest BCUT2D eigenvalue weighted by molar-refractivity contribution is 5.99. The zero-order valence-electron chi connectivity index (χ0n) is 50.9. The molecule has 0 N–H and O–H groups in total. The molecule has 0 fully saturated rings. The first-order chi connectivity index (χ1) is 39.9. The number of para-hydroxylation sites is 2. The minimum Gasteiger partial charge on any atom is -0.406 e. The number of amides is 2. The van der Waals surface area contributed by atoms with Crippen LogP contribution in [0.15, 0.2) is 109 Å². The molecule has 5 atom stereocenters. The summed E-state index contributed by atoms with van der Waals surface area (Å²) < 4.78 is 14.5. The number of carbonyl (C=O) groups is 2. The monoisotopic (exact) mass is 1110 g/mol. The Hall–Kier alpha value is -6.56. The van der Waals surface area contributed by atoms with E-state index in [1.807, 2.05) is 48.5 Å². The zero-order valence-corrected chi connectivity index (χ0v) is 50.9. The smallest absolute Gasteiger partial charge is 0.347 e. The number of benzene rings is 4. The van der Waals surface area contributed by atoms with Gasteiger partial charge < -0.3 is 28.1 Å². The Bertz CT molecular complexity index is 3290. The van der Waals surface area contributed by atoms with Crippen molar-refractivity contribution in [3.05, 3.63) is 134 Å². The molecule has 0 bridgehead atoms. The number of unbranched alkanes of at least 4 members (excludes halogenated alkanes) is 5. The highest BCUT2D eigenvalue weighted by atomic mass is 16.4. The second kappa shape index (κ2) is 30.1. The van der Waals surface area contributed by atoms with Crippen molar-refractivity contribution in [3.8, 4) is 11.6 Å². The SMILES string of the molecule is CCCCC(CC)CN(CC(CC)CCCC)C(=O)c1ccc2nc(-c3cc4ccccc4n3CCCCN3c4ccccc4CC3c3nc4ccc(C(=O)N(CC(CC)CCCC)CC(CC)CCCC)cc4c(=O)o3)oc(=O)c2c1. The number of rotatable bonds is 33. The molecule has 0 saturated heterocycles. The van der Waals surface area contributed by atoms with E-state index in [1.54, 1.807) is 18.2 Å². The molecule has 12 heteroatoms. The molecule has 8 rings (SSSR count). The normalized spacial score (nSPS) is 14.8. The molecule has 0 spiro atoms. The van der Waals surface area contributed by atoms with E-state index in [0.29, 0.717) is 114 Å². The average Bonchev–Trinajstić information content (AvgIpc) is 3.75. The average molecular weight is 1120 g/mol. The van der Waals surface area contributed by atoms with Crippen molar-refractivity contribution < 1.29 is 18.4 Å². The fourth-order valence-corrected chi connectivity index (χ4v) is 12.6. The van der Waals surface area contributed by atoms with Crippen LogP contribution in [0.4, 0.5) is 5.69 Å². The molecule has 440 valence electrons. The van der Waals surface area contributed by atoms with Crippen LogP contribution in [-0.4, -0.2) is 68.9 Å². The van der Waals surface area contributed by atoms with Crippen molar-refractivity contribution in [1.29, 1.82) is 0 Å². The molecule has 7 aromatic rings. The van der Waals surface area contributed by atoms with Gasteiger partial charge in [-0.2, -0.15) is 0 Å². The summed E-state index contributed by atoms with van der Waals surface area (Å²) >= 11 is 0. The van der Waals surface area contributed by atoms with E-state index in [0.717, 1.165) is 138 Å². The van der Waals surface area contributed by atoms with Gasteiger partial charge in [-0.1, -0.05) is 169 Å². The van der Waals surface area contributed by atoms with E-state index in [2.05, 4.69) is 98.9 Å². The highest BCUT2D eigenvalue weighted by Gasteiger charge is 2.34. The Morgan fingerprint density at radius 3 is 1.55 bits per heavy atom. The second-order valence-corrected chi connectivity index (χ2v) is 23.7. The van der Waals surface area contributed by atoms with E-state index in [1.165, 1.54) is 0 Å². The number of aryl methyl sites for hydroxylation is 1. The maximum Gasteiger partial charge on any atom is 0.347 e. The van der Waals surface area contributed by atoms with Gasteiger partial charge in [0.15, 0.2) is 0 Å². The third kappa shape index (κ3) is 15.0. The summed E-state index contributed by atoms with van der Waals surface area (Å²) in [5, 5.41) is 1.62. The maximum atomic E-state index is 14.5. The van der Waals surface area contributed by atoms with Crippen LogP contribution in [0, 0.1) is 23.7 Å². The van der Waals surface area contributed by atoms with Crippen LogP contribution in [0.2, 0.25) is 0 Å². The summed E-state index contributed by atoms with van der Waals surface area (Å²) in [5.74, 6) is 2.21. The van der Waals surface area contributed by atoms with Crippen molar-refractivity contribution in [2.45, 2.75) is 190 Å². The molecule has 0 saturated carbocycles. The molecule has 4 aromatic carbocycles. The molecule has 5 unspecified atom stereocenters. The Labute approximate surface area is 488 Å². The van der Waals surface area contributed by atoms with Crippen LogP contribution in [0.25, 0.3) is 44.3 Å². The molecule has 4 heterocycles. The predicted molar refractivity (Wildman–Crippen MR) is 336 cm³/mol. The number of hydrogen-bond acceptors (Lipinski definition) is 9. The van der Waals surface area contributed by atoms with Crippen molar-refractivity contribution in [2.24, 2.45) is 23.7 Å². The first kappa shape index (κ1) is 61.5. The summed E-state index contributed by atoms with van der Waals surface area (Å²) in [6.07, 6.45) is 19.8. The van der Waals surface area contributed by atoms with Gasteiger partial charge in [-0.15, -0.1) is 0 Å². The van der Waals surface area contributed by atoms with Crippen LogP contribution >= 0.6 is 0 Å². The fraction of sp³-hybridized carbons (Fsp3) is 0.543. The standard InChI is InChI=1S/C70H94N6O6/c1-9-17-27-49(13-5)45-73(46-50(14-6)28-18-10-2)67(77)55-35-37-59-57(41-55)69(79)81-65(71-59)63-43-53-31-21-23-33-61(53)75(63)39-25-26-40-76-62-34-24-22-32-54(62)44-64(76)66-72-60-38-36-56(42-58(60)70(80)82-66)68(78)74(47-51(15-7)29-19-11-3)48-52(16-8)30-20-12-4/h21-24,31-38,41-43,49-52,64H,9-20,25-30,39-40,44-48H2,1-8H3. The number of nitrogens with zero attached hydrogens (tertiary/aromatic N) is 6. The van der Waals surface area contributed by atoms with E-state index in [-0.39, 0.29) is 23.7 Å². The lowest BCUT2D eigenvalue weighted by atomic mass is 9.95. The highest BCUT2D eigenvalue weighted by Crippen LogP contribution is 2.40. The number of aromatic nitrogens is 3. The minimum atomic E-state index is -0.522. The Kier molecular flexibility index (Phi) is 22.6. The quantitative estimate of drug-likeness (QED) is 0.0369. The van der Waals surface area contributed by atoms with Crippen LogP contribution in [-0.2, 0) is 13.0 Å². The van der Waals surface area contributed by atoms with E-state index in [9.17, 15) is 19.2 Å². The third-order valence-electron chi connectivity index (χ3n) is 17.9. The van der Waals surface area contributed by atoms with Gasteiger partial charge in [0.2, 0.25) is 11.8 Å². The topological polar surface area (TPSA) is 135 Å². The molecule has 82 heavy (non-hydrogen) atoms. The molecule has 2 amide bonds. The minimum absolute atomic E-state index is 0.0352. The van der Waals surface area contributed by atoms with E-state index in [4.69, 9.17) is 18.8 Å². The molecule has 0 aliphatic carbocycles. The first-order valence-electron chi connectivity index (χ1n) is 31.9. The van der Waals surface area contributed by atoms with Gasteiger partial charge in [0.1, 0.15) is 11.7 Å². The fourth-order valence-electron chi connectivity index (χ4n) is 12.6. The number of fused-ring (bicyclic) bond motifs is 4.